The van der Waals surface area contributed by atoms with E-state index in [-0.39, 0.29) is 12.6 Å². The first kappa shape index (κ1) is 15.6. The molecule has 0 aliphatic rings. The number of benzene rings is 1. The highest BCUT2D eigenvalue weighted by molar-refractivity contribution is 5.52. The number of hydrogen-bond donors (Lipinski definition) is 3. The molecule has 0 aliphatic carbocycles. The van der Waals surface area contributed by atoms with Gasteiger partial charge in [0.2, 0.25) is 0 Å². The van der Waals surface area contributed by atoms with Crippen molar-refractivity contribution in [2.75, 3.05) is 41.0 Å². The van der Waals surface area contributed by atoms with Gasteiger partial charge in [0.05, 0.1) is 27.9 Å². The van der Waals surface area contributed by atoms with Crippen molar-refractivity contribution in [2.24, 2.45) is 5.73 Å². The molecule has 0 heterocycles. The topological polar surface area (TPSA) is 86.0 Å². The zero-order chi connectivity index (χ0) is 14.3. The summed E-state index contributed by atoms with van der Waals surface area (Å²) in [6.45, 7) is 0.886. The number of rotatable bonds is 8. The van der Waals surface area contributed by atoms with Crippen LogP contribution in [0.2, 0.25) is 0 Å². The third-order valence-electron chi connectivity index (χ3n) is 2.85. The van der Waals surface area contributed by atoms with E-state index in [4.69, 9.17) is 25.1 Å². The second-order valence-electron chi connectivity index (χ2n) is 3.92. The minimum absolute atomic E-state index is 0.0477. The number of methoxy groups -OCH3 is 3. The quantitative estimate of drug-likeness (QED) is 0.629. The maximum atomic E-state index is 8.89. The molecule has 0 saturated heterocycles. The van der Waals surface area contributed by atoms with Gasteiger partial charge in [-0.2, -0.15) is 0 Å². The second kappa shape index (κ2) is 7.83. The van der Waals surface area contributed by atoms with Gasteiger partial charge >= 0.3 is 0 Å². The highest BCUT2D eigenvalue weighted by Gasteiger charge is 2.18. The summed E-state index contributed by atoms with van der Waals surface area (Å²) in [5.74, 6) is 1.88. The second-order valence-corrected chi connectivity index (χ2v) is 3.92. The number of aliphatic hydroxyl groups excluding tert-OH is 1. The van der Waals surface area contributed by atoms with Crippen molar-refractivity contribution in [3.63, 3.8) is 0 Å². The van der Waals surface area contributed by atoms with Crippen molar-refractivity contribution in [3.05, 3.63) is 17.7 Å². The van der Waals surface area contributed by atoms with Gasteiger partial charge in [0.15, 0.2) is 11.5 Å². The molecule has 6 heteroatoms. The molecule has 4 N–H and O–H groups in total. The molecule has 0 fully saturated rings. The molecule has 0 spiro atoms. The molecule has 1 atom stereocenters. The predicted molar refractivity (Wildman–Crippen MR) is 73.0 cm³/mol. The van der Waals surface area contributed by atoms with Crippen molar-refractivity contribution < 1.29 is 19.3 Å². The van der Waals surface area contributed by atoms with E-state index in [1.165, 1.54) is 0 Å². The molecule has 0 aliphatic heterocycles. The third-order valence-corrected chi connectivity index (χ3v) is 2.85. The first-order valence-electron chi connectivity index (χ1n) is 6.06. The summed E-state index contributed by atoms with van der Waals surface area (Å²) in [5.41, 5.74) is 6.63. The van der Waals surface area contributed by atoms with Crippen LogP contribution in [-0.2, 0) is 0 Å². The van der Waals surface area contributed by atoms with Crippen LogP contribution in [0, 0.1) is 0 Å². The number of nitrogens with two attached hydrogens (primary N) is 1. The number of nitrogens with one attached hydrogen (secondary N) is 1. The van der Waals surface area contributed by atoms with E-state index in [0.29, 0.717) is 30.3 Å². The molecular formula is C13H22N2O4. The largest absolute Gasteiger partial charge is 0.496 e. The van der Waals surface area contributed by atoms with Gasteiger partial charge in [-0.1, -0.05) is 0 Å². The van der Waals surface area contributed by atoms with Crippen LogP contribution in [-0.4, -0.2) is 46.1 Å². The van der Waals surface area contributed by atoms with Crippen LogP contribution in [0.5, 0.6) is 17.2 Å². The lowest BCUT2D eigenvalue weighted by Crippen LogP contribution is -2.30. The lowest BCUT2D eigenvalue weighted by Gasteiger charge is -2.21. The molecule has 6 nitrogen and oxygen atoms in total. The molecule has 0 amide bonds. The predicted octanol–water partition coefficient (Wildman–Crippen LogP) is 0.294. The number of aliphatic hydroxyl groups is 1. The molecular weight excluding hydrogens is 248 g/mol. The number of hydrogen-bond acceptors (Lipinski definition) is 6. The van der Waals surface area contributed by atoms with E-state index in [9.17, 15) is 0 Å². The molecule has 0 bridgehead atoms. The van der Waals surface area contributed by atoms with E-state index < -0.39 is 0 Å². The molecule has 0 aromatic heterocycles. The molecule has 1 unspecified atom stereocenters. The summed E-state index contributed by atoms with van der Waals surface area (Å²) in [7, 11) is 4.73. The summed E-state index contributed by atoms with van der Waals surface area (Å²) < 4.78 is 15.9. The highest BCUT2D eigenvalue weighted by Crippen LogP contribution is 2.37. The maximum absolute atomic E-state index is 8.89. The van der Waals surface area contributed by atoms with Gasteiger partial charge in [-0.15, -0.1) is 0 Å². The van der Waals surface area contributed by atoms with E-state index in [1.807, 2.05) is 6.07 Å². The van der Waals surface area contributed by atoms with Gasteiger partial charge < -0.3 is 30.4 Å². The van der Waals surface area contributed by atoms with Crippen molar-refractivity contribution in [1.29, 1.82) is 0 Å². The summed E-state index contributed by atoms with van der Waals surface area (Å²) in [5, 5.41) is 12.0. The Bertz CT molecular complexity index is 398. The Balaban J connectivity index is 3.15. The Morgan fingerprint density at radius 2 is 1.68 bits per heavy atom. The molecule has 1 aromatic carbocycles. The number of ether oxygens (including phenoxy) is 3. The van der Waals surface area contributed by atoms with Crippen LogP contribution in [0.1, 0.15) is 11.6 Å². The van der Waals surface area contributed by atoms with Crippen molar-refractivity contribution >= 4 is 0 Å². The van der Waals surface area contributed by atoms with Gasteiger partial charge in [-0.3, -0.25) is 0 Å². The van der Waals surface area contributed by atoms with Crippen molar-refractivity contribution in [3.8, 4) is 17.2 Å². The first-order chi connectivity index (χ1) is 9.21. The molecule has 1 aromatic rings. The summed E-state index contributed by atoms with van der Waals surface area (Å²) in [6, 6.07) is 3.47. The third kappa shape index (κ3) is 3.73. The Morgan fingerprint density at radius 3 is 2.16 bits per heavy atom. The fraction of sp³-hybridized carbons (Fsp3) is 0.538. The zero-order valence-corrected chi connectivity index (χ0v) is 11.6. The van der Waals surface area contributed by atoms with Crippen LogP contribution in [0.15, 0.2) is 12.1 Å². The fourth-order valence-electron chi connectivity index (χ4n) is 1.88. The highest BCUT2D eigenvalue weighted by atomic mass is 16.5. The molecule has 19 heavy (non-hydrogen) atoms. The lowest BCUT2D eigenvalue weighted by molar-refractivity contribution is 0.283. The summed E-state index contributed by atoms with van der Waals surface area (Å²) >= 11 is 0. The molecule has 0 saturated carbocycles. The summed E-state index contributed by atoms with van der Waals surface area (Å²) in [6.07, 6.45) is 0. The van der Waals surface area contributed by atoms with E-state index in [2.05, 4.69) is 5.32 Å². The SMILES string of the molecule is COc1cc(OC)c(C(CN)NCCO)cc1OC. The molecule has 1 rings (SSSR count). The van der Waals surface area contributed by atoms with Crippen LogP contribution in [0.3, 0.4) is 0 Å². The van der Waals surface area contributed by atoms with Gasteiger partial charge in [0.25, 0.3) is 0 Å². The van der Waals surface area contributed by atoms with Crippen molar-refractivity contribution in [2.45, 2.75) is 6.04 Å². The van der Waals surface area contributed by atoms with Gasteiger partial charge in [0, 0.05) is 30.8 Å². The van der Waals surface area contributed by atoms with Crippen molar-refractivity contribution in [1.82, 2.24) is 5.32 Å². The molecule has 0 radical (unpaired) electrons. The smallest absolute Gasteiger partial charge is 0.164 e. The average Bonchev–Trinajstić information content (AvgIpc) is 2.47. The first-order valence-corrected chi connectivity index (χ1v) is 6.06. The van der Waals surface area contributed by atoms with Gasteiger partial charge in [-0.25, -0.2) is 0 Å². The minimum Gasteiger partial charge on any atom is -0.496 e. The lowest BCUT2D eigenvalue weighted by atomic mass is 10.0. The summed E-state index contributed by atoms with van der Waals surface area (Å²) in [4.78, 5) is 0. The minimum atomic E-state index is -0.123. The van der Waals surface area contributed by atoms with Crippen LogP contribution < -0.4 is 25.3 Å². The van der Waals surface area contributed by atoms with Crippen LogP contribution >= 0.6 is 0 Å². The van der Waals surface area contributed by atoms with Crippen LogP contribution in [0.25, 0.3) is 0 Å². The fourth-order valence-corrected chi connectivity index (χ4v) is 1.88. The normalized spacial score (nSPS) is 12.1. The Morgan fingerprint density at radius 1 is 1.11 bits per heavy atom. The van der Waals surface area contributed by atoms with E-state index >= 15 is 0 Å². The Labute approximate surface area is 113 Å². The Hall–Kier alpha value is -1.50. The maximum Gasteiger partial charge on any atom is 0.164 e. The monoisotopic (exact) mass is 270 g/mol. The molecule has 108 valence electrons. The van der Waals surface area contributed by atoms with Gasteiger partial charge in [-0.05, 0) is 6.07 Å². The van der Waals surface area contributed by atoms with Gasteiger partial charge in [0.1, 0.15) is 5.75 Å². The average molecular weight is 270 g/mol. The standard InChI is InChI=1S/C13H22N2O4/c1-17-11-7-13(19-3)12(18-2)6-9(11)10(8-14)15-4-5-16/h6-7,10,15-16H,4-5,8,14H2,1-3H3. The van der Waals surface area contributed by atoms with E-state index in [0.717, 1.165) is 5.56 Å². The van der Waals surface area contributed by atoms with E-state index in [1.54, 1.807) is 27.4 Å². The Kier molecular flexibility index (Phi) is 6.41. The zero-order valence-electron chi connectivity index (χ0n) is 11.6. The van der Waals surface area contributed by atoms with Crippen LogP contribution in [0.4, 0.5) is 0 Å².